The molecule has 0 bridgehead atoms. The molecule has 0 atom stereocenters. The molecule has 0 radical (unpaired) electrons. The topological polar surface area (TPSA) is 35.5 Å². The maximum Gasteiger partial charge on any atom is 0.309 e. The molecule has 6 heteroatoms. The van der Waals surface area contributed by atoms with Gasteiger partial charge in [0.1, 0.15) is 12.4 Å². The molecule has 0 aromatic heterocycles. The van der Waals surface area contributed by atoms with Crippen LogP contribution in [-0.4, -0.2) is 13.1 Å². The van der Waals surface area contributed by atoms with Crippen molar-refractivity contribution in [1.29, 1.82) is 0 Å². The minimum atomic E-state index is -2.62. The lowest BCUT2D eigenvalue weighted by Gasteiger charge is -2.15. The zero-order valence-electron chi connectivity index (χ0n) is 13.3. The summed E-state index contributed by atoms with van der Waals surface area (Å²) >= 11 is 3.41. The summed E-state index contributed by atoms with van der Waals surface area (Å²) in [5, 5.41) is 0. The second-order valence-corrected chi connectivity index (χ2v) is 6.12. The number of halogens is 3. The normalized spacial score (nSPS) is 10.8. The predicted octanol–water partition coefficient (Wildman–Crippen LogP) is 4.99. The van der Waals surface area contributed by atoms with Gasteiger partial charge in [-0.15, -0.1) is 0 Å². The highest BCUT2D eigenvalue weighted by molar-refractivity contribution is 9.10. The quantitative estimate of drug-likeness (QED) is 0.643. The average Bonchev–Trinajstić information content (AvgIpc) is 2.55. The van der Waals surface area contributed by atoms with Crippen molar-refractivity contribution in [1.82, 2.24) is 0 Å². The second-order valence-electron chi connectivity index (χ2n) is 5.26. The van der Waals surface area contributed by atoms with Gasteiger partial charge in [0.05, 0.1) is 19.1 Å². The summed E-state index contributed by atoms with van der Waals surface area (Å²) in [7, 11) is 1.32. The number of rotatable bonds is 6. The van der Waals surface area contributed by atoms with Crippen LogP contribution in [0.2, 0.25) is 0 Å². The van der Waals surface area contributed by atoms with Crippen molar-refractivity contribution < 1.29 is 23.0 Å². The molecule has 2 aromatic carbocycles. The van der Waals surface area contributed by atoms with E-state index in [9.17, 15) is 13.6 Å². The van der Waals surface area contributed by atoms with E-state index in [0.29, 0.717) is 0 Å². The Labute approximate surface area is 147 Å². The van der Waals surface area contributed by atoms with Gasteiger partial charge in [-0.1, -0.05) is 39.7 Å². The van der Waals surface area contributed by atoms with Gasteiger partial charge in [0.2, 0.25) is 0 Å². The standard InChI is InChI=1S/C18H17BrF2O3/c1-11-6-7-16(13(8-11)18(20)21)24-10-14-12(9-17(22)23-2)4-3-5-15(14)19/h3-8,18H,9-10H2,1-2H3. The van der Waals surface area contributed by atoms with Gasteiger partial charge in [-0.2, -0.15) is 0 Å². The summed E-state index contributed by atoms with van der Waals surface area (Å²) in [6, 6.07) is 10.0. The number of benzene rings is 2. The molecule has 0 saturated carbocycles. The van der Waals surface area contributed by atoms with Crippen LogP contribution in [0.3, 0.4) is 0 Å². The largest absolute Gasteiger partial charge is 0.488 e. The molecule has 0 aliphatic carbocycles. The summed E-state index contributed by atoms with van der Waals surface area (Å²) in [6.45, 7) is 1.81. The lowest BCUT2D eigenvalue weighted by atomic mass is 10.1. The number of aryl methyl sites for hydroxylation is 1. The average molecular weight is 399 g/mol. The van der Waals surface area contributed by atoms with Crippen molar-refractivity contribution in [2.45, 2.75) is 26.4 Å². The van der Waals surface area contributed by atoms with E-state index in [0.717, 1.165) is 21.2 Å². The molecule has 0 fully saturated rings. The zero-order valence-corrected chi connectivity index (χ0v) is 14.9. The van der Waals surface area contributed by atoms with Gasteiger partial charge in [-0.05, 0) is 30.7 Å². The summed E-state index contributed by atoms with van der Waals surface area (Å²) in [5.41, 5.74) is 2.05. The van der Waals surface area contributed by atoms with Crippen LogP contribution in [0.25, 0.3) is 0 Å². The summed E-state index contributed by atoms with van der Waals surface area (Å²) in [5.74, 6) is -0.242. The SMILES string of the molecule is COC(=O)Cc1cccc(Br)c1COc1ccc(C)cc1C(F)F. The first-order chi connectivity index (χ1) is 11.4. The molecular formula is C18H17BrF2O3. The van der Waals surface area contributed by atoms with E-state index >= 15 is 0 Å². The first-order valence-corrected chi connectivity index (χ1v) is 8.06. The number of esters is 1. The highest BCUT2D eigenvalue weighted by Crippen LogP contribution is 2.31. The smallest absolute Gasteiger partial charge is 0.309 e. The highest BCUT2D eigenvalue weighted by atomic mass is 79.9. The molecule has 0 N–H and O–H groups in total. The van der Waals surface area contributed by atoms with Crippen molar-refractivity contribution in [3.05, 3.63) is 63.1 Å². The maximum absolute atomic E-state index is 13.2. The van der Waals surface area contributed by atoms with Crippen molar-refractivity contribution in [2.24, 2.45) is 0 Å². The molecule has 2 aromatic rings. The Morgan fingerprint density at radius 3 is 2.67 bits per heavy atom. The van der Waals surface area contributed by atoms with Gasteiger partial charge < -0.3 is 9.47 Å². The van der Waals surface area contributed by atoms with Gasteiger partial charge in [0, 0.05) is 10.0 Å². The van der Waals surface area contributed by atoms with Crippen molar-refractivity contribution in [2.75, 3.05) is 7.11 Å². The fourth-order valence-electron chi connectivity index (χ4n) is 2.28. The monoisotopic (exact) mass is 398 g/mol. The molecule has 0 spiro atoms. The van der Waals surface area contributed by atoms with Gasteiger partial charge >= 0.3 is 5.97 Å². The highest BCUT2D eigenvalue weighted by Gasteiger charge is 2.16. The number of ether oxygens (including phenoxy) is 2. The molecule has 0 aliphatic heterocycles. The maximum atomic E-state index is 13.2. The number of alkyl halides is 2. The third-order valence-electron chi connectivity index (χ3n) is 3.55. The van der Waals surface area contributed by atoms with Crippen LogP contribution in [0.4, 0.5) is 8.78 Å². The summed E-state index contributed by atoms with van der Waals surface area (Å²) < 4.78 is 37.4. The Kier molecular flexibility index (Phi) is 6.31. The fraction of sp³-hybridized carbons (Fsp3) is 0.278. The van der Waals surface area contributed by atoms with E-state index < -0.39 is 6.43 Å². The van der Waals surface area contributed by atoms with Gasteiger partial charge in [-0.3, -0.25) is 4.79 Å². The molecule has 0 amide bonds. The van der Waals surface area contributed by atoms with Crippen LogP contribution in [0.15, 0.2) is 40.9 Å². The molecule has 0 unspecified atom stereocenters. The number of hydrogen-bond acceptors (Lipinski definition) is 3. The number of carbonyl (C=O) groups is 1. The predicted molar refractivity (Wildman–Crippen MR) is 90.3 cm³/mol. The van der Waals surface area contributed by atoms with Gasteiger partial charge in [0.25, 0.3) is 6.43 Å². The third-order valence-corrected chi connectivity index (χ3v) is 4.29. The number of carbonyl (C=O) groups excluding carboxylic acids is 1. The van der Waals surface area contributed by atoms with Crippen LogP contribution < -0.4 is 4.74 Å². The lowest BCUT2D eigenvalue weighted by molar-refractivity contribution is -0.139. The minimum absolute atomic E-state index is 0.0660. The Hall–Kier alpha value is -1.95. The van der Waals surface area contributed by atoms with Gasteiger partial charge in [-0.25, -0.2) is 8.78 Å². The van der Waals surface area contributed by atoms with Gasteiger partial charge in [0.15, 0.2) is 0 Å². The molecule has 0 saturated heterocycles. The Morgan fingerprint density at radius 2 is 2.00 bits per heavy atom. The lowest BCUT2D eigenvalue weighted by Crippen LogP contribution is -2.09. The third kappa shape index (κ3) is 4.54. The first kappa shape index (κ1) is 18.4. The first-order valence-electron chi connectivity index (χ1n) is 7.27. The zero-order chi connectivity index (χ0) is 17.7. The summed E-state index contributed by atoms with van der Waals surface area (Å²) in [6.07, 6.45) is -2.53. The van der Waals surface area contributed by atoms with Crippen LogP contribution in [-0.2, 0) is 22.6 Å². The van der Waals surface area contributed by atoms with Crippen LogP contribution in [0.5, 0.6) is 5.75 Å². The molecule has 0 heterocycles. The Balaban J connectivity index is 2.25. The summed E-state index contributed by atoms with van der Waals surface area (Å²) in [4.78, 5) is 11.5. The van der Waals surface area contributed by atoms with E-state index in [1.54, 1.807) is 25.1 Å². The van der Waals surface area contributed by atoms with E-state index in [2.05, 4.69) is 20.7 Å². The fourth-order valence-corrected chi connectivity index (χ4v) is 2.80. The molecule has 128 valence electrons. The molecule has 24 heavy (non-hydrogen) atoms. The molecule has 3 nitrogen and oxygen atoms in total. The molecule has 2 rings (SSSR count). The second kappa shape index (κ2) is 8.24. The number of methoxy groups -OCH3 is 1. The molecular weight excluding hydrogens is 382 g/mol. The van der Waals surface area contributed by atoms with Crippen molar-refractivity contribution >= 4 is 21.9 Å². The van der Waals surface area contributed by atoms with Crippen molar-refractivity contribution in [3.8, 4) is 5.75 Å². The van der Waals surface area contributed by atoms with E-state index in [-0.39, 0.29) is 30.3 Å². The van der Waals surface area contributed by atoms with E-state index in [4.69, 9.17) is 4.74 Å². The molecule has 0 aliphatic rings. The number of hydrogen-bond donors (Lipinski definition) is 0. The van der Waals surface area contributed by atoms with E-state index in [1.165, 1.54) is 19.2 Å². The van der Waals surface area contributed by atoms with E-state index in [1.807, 2.05) is 6.07 Å². The van der Waals surface area contributed by atoms with Crippen LogP contribution in [0, 0.1) is 6.92 Å². The Bertz CT molecular complexity index is 732. The minimum Gasteiger partial charge on any atom is -0.488 e. The Morgan fingerprint density at radius 1 is 1.25 bits per heavy atom. The van der Waals surface area contributed by atoms with Crippen LogP contribution in [0.1, 0.15) is 28.7 Å². The van der Waals surface area contributed by atoms with Crippen molar-refractivity contribution in [3.63, 3.8) is 0 Å². The van der Waals surface area contributed by atoms with Crippen LogP contribution >= 0.6 is 15.9 Å².